The van der Waals surface area contributed by atoms with E-state index in [-0.39, 0.29) is 12.3 Å². The van der Waals surface area contributed by atoms with Crippen LogP contribution in [0.1, 0.15) is 75.5 Å². The molecule has 4 rings (SSSR count). The minimum Gasteiger partial charge on any atom is -0.493 e. The number of carboxylic acids is 1. The van der Waals surface area contributed by atoms with E-state index >= 15 is 0 Å². The second-order valence-electron chi connectivity index (χ2n) is 10.5. The Balaban J connectivity index is 1.35. The zero-order chi connectivity index (χ0) is 24.3. The lowest BCUT2D eigenvalue weighted by atomic mass is 9.91. The summed E-state index contributed by atoms with van der Waals surface area (Å²) in [6, 6.07) is 14.2. The predicted molar refractivity (Wildman–Crippen MR) is 135 cm³/mol. The summed E-state index contributed by atoms with van der Waals surface area (Å²) >= 11 is 0. The highest BCUT2D eigenvalue weighted by molar-refractivity contribution is 5.68. The van der Waals surface area contributed by atoms with E-state index < -0.39 is 11.6 Å². The minimum atomic E-state index is -1.37. The number of hydrogen-bond donors (Lipinski definition) is 1. The summed E-state index contributed by atoms with van der Waals surface area (Å²) in [6.07, 6.45) is 5.37. The second-order valence-corrected chi connectivity index (χ2v) is 10.5. The number of aliphatic carboxylic acids is 1. The van der Waals surface area contributed by atoms with Crippen molar-refractivity contribution in [3.63, 3.8) is 0 Å². The Labute approximate surface area is 203 Å². The molecule has 1 saturated heterocycles. The monoisotopic (exact) mass is 467 g/mol. The van der Waals surface area contributed by atoms with Crippen molar-refractivity contribution in [1.82, 2.24) is 0 Å². The highest BCUT2D eigenvalue weighted by Crippen LogP contribution is 2.45. The molecule has 0 aromatic heterocycles. The largest absolute Gasteiger partial charge is 0.493 e. The molecule has 1 aliphatic heterocycles. The van der Waals surface area contributed by atoms with Crippen molar-refractivity contribution in [2.45, 2.75) is 70.9 Å². The van der Waals surface area contributed by atoms with Gasteiger partial charge in [0.25, 0.3) is 0 Å². The lowest BCUT2D eigenvalue weighted by Crippen LogP contribution is -2.36. The zero-order valence-electron chi connectivity index (χ0n) is 20.7. The maximum atomic E-state index is 14.9. The summed E-state index contributed by atoms with van der Waals surface area (Å²) in [7, 11) is 0. The number of halogens is 1. The van der Waals surface area contributed by atoms with Crippen molar-refractivity contribution >= 4 is 11.7 Å². The average molecular weight is 468 g/mol. The van der Waals surface area contributed by atoms with Crippen molar-refractivity contribution in [2.24, 2.45) is 11.8 Å². The number of carbonyl (C=O) groups is 1. The van der Waals surface area contributed by atoms with Crippen LogP contribution < -0.4 is 9.64 Å². The Hall–Kier alpha value is -2.56. The van der Waals surface area contributed by atoms with Crippen molar-refractivity contribution in [1.29, 1.82) is 0 Å². The predicted octanol–water partition coefficient (Wildman–Crippen LogP) is 6.72. The minimum absolute atomic E-state index is 0.0807. The van der Waals surface area contributed by atoms with Gasteiger partial charge >= 0.3 is 5.97 Å². The number of ether oxygens (including phenoxy) is 1. The first-order chi connectivity index (χ1) is 16.2. The number of alkyl halides is 1. The molecule has 34 heavy (non-hydrogen) atoms. The van der Waals surface area contributed by atoms with Crippen LogP contribution in [0.3, 0.4) is 0 Å². The number of piperidine rings is 1. The number of benzene rings is 2. The van der Waals surface area contributed by atoms with Crippen LogP contribution in [0.2, 0.25) is 0 Å². The topological polar surface area (TPSA) is 49.8 Å². The molecule has 1 unspecified atom stereocenters. The number of carboxylic acid groups (broad SMARTS) is 1. The van der Waals surface area contributed by atoms with Gasteiger partial charge in [-0.1, -0.05) is 31.2 Å². The van der Waals surface area contributed by atoms with Crippen molar-refractivity contribution in [3.05, 3.63) is 59.2 Å². The van der Waals surface area contributed by atoms with Crippen LogP contribution in [0.5, 0.6) is 5.75 Å². The number of aryl methyl sites for hydroxylation is 1. The van der Waals surface area contributed by atoms with Crippen molar-refractivity contribution < 1.29 is 19.0 Å². The third kappa shape index (κ3) is 6.11. The fraction of sp³-hybridized carbons (Fsp3) is 0.552. The van der Waals surface area contributed by atoms with Gasteiger partial charge in [0.2, 0.25) is 0 Å². The van der Waals surface area contributed by atoms with Crippen LogP contribution >= 0.6 is 0 Å². The summed E-state index contributed by atoms with van der Waals surface area (Å²) in [6.45, 7) is 7.85. The third-order valence-electron chi connectivity index (χ3n) is 7.42. The van der Waals surface area contributed by atoms with Gasteiger partial charge in [0.05, 0.1) is 13.0 Å². The Morgan fingerprint density at radius 1 is 1.15 bits per heavy atom. The van der Waals surface area contributed by atoms with Gasteiger partial charge in [-0.05, 0) is 93.0 Å². The molecule has 5 heteroatoms. The van der Waals surface area contributed by atoms with Gasteiger partial charge in [-0.2, -0.15) is 0 Å². The molecule has 0 spiro atoms. The quantitative estimate of drug-likeness (QED) is 0.421. The number of rotatable bonds is 10. The van der Waals surface area contributed by atoms with E-state index in [1.165, 1.54) is 5.56 Å². The second kappa shape index (κ2) is 10.4. The van der Waals surface area contributed by atoms with E-state index in [1.54, 1.807) is 13.8 Å². The molecule has 2 fully saturated rings. The molecule has 1 aliphatic carbocycles. The van der Waals surface area contributed by atoms with Gasteiger partial charge in [0.15, 0.2) is 0 Å². The summed E-state index contributed by atoms with van der Waals surface area (Å²) in [5.74, 6) is 1.11. The molecule has 184 valence electrons. The maximum absolute atomic E-state index is 14.9. The van der Waals surface area contributed by atoms with Crippen LogP contribution in [-0.2, 0) is 16.9 Å². The number of anilines is 1. The molecule has 2 aromatic rings. The standard InChI is InChI=1S/C29H38FNO3/c1-4-20-8-11-26(29(2,3)30)27(16-20)31-14-12-21(13-15-31)19-34-24-7-5-6-23(17-24)25(18-28(32)33)22-9-10-22/h5-8,11,16-17,21-22,25H,4,9-10,12-15,18-19H2,1-3H3,(H,32,33). The molecule has 0 amide bonds. The summed E-state index contributed by atoms with van der Waals surface area (Å²) in [4.78, 5) is 13.6. The Kier molecular flexibility index (Phi) is 7.49. The fourth-order valence-corrected chi connectivity index (χ4v) is 5.19. The molecular weight excluding hydrogens is 429 g/mol. The van der Waals surface area contributed by atoms with E-state index in [1.807, 2.05) is 36.4 Å². The van der Waals surface area contributed by atoms with Gasteiger partial charge in [-0.25, -0.2) is 4.39 Å². The van der Waals surface area contributed by atoms with E-state index in [4.69, 9.17) is 4.74 Å². The van der Waals surface area contributed by atoms with Crippen LogP contribution in [0.4, 0.5) is 10.1 Å². The molecule has 2 aromatic carbocycles. The van der Waals surface area contributed by atoms with Crippen LogP contribution in [0.25, 0.3) is 0 Å². The first-order valence-electron chi connectivity index (χ1n) is 12.8. The van der Waals surface area contributed by atoms with E-state index in [0.29, 0.717) is 18.4 Å². The van der Waals surface area contributed by atoms with E-state index in [2.05, 4.69) is 17.9 Å². The lowest BCUT2D eigenvalue weighted by molar-refractivity contribution is -0.137. The molecule has 0 radical (unpaired) electrons. The van der Waals surface area contributed by atoms with Gasteiger partial charge in [0.1, 0.15) is 11.4 Å². The molecule has 1 atom stereocenters. The molecule has 4 nitrogen and oxygen atoms in total. The third-order valence-corrected chi connectivity index (χ3v) is 7.42. The van der Waals surface area contributed by atoms with Crippen molar-refractivity contribution in [2.75, 3.05) is 24.6 Å². The summed E-state index contributed by atoms with van der Waals surface area (Å²) in [5.41, 5.74) is 2.74. The lowest BCUT2D eigenvalue weighted by Gasteiger charge is -2.36. The van der Waals surface area contributed by atoms with Gasteiger partial charge in [-0.3, -0.25) is 4.79 Å². The Morgan fingerprint density at radius 2 is 1.88 bits per heavy atom. The Bertz CT molecular complexity index is 987. The SMILES string of the molecule is CCc1ccc(C(C)(C)F)c(N2CCC(COc3cccc(C(CC(=O)O)C4CC4)c3)CC2)c1. The first kappa shape index (κ1) is 24.6. The molecule has 1 heterocycles. The highest BCUT2D eigenvalue weighted by Gasteiger charge is 2.34. The molecule has 2 aliphatic rings. The molecule has 1 N–H and O–H groups in total. The van der Waals surface area contributed by atoms with Crippen molar-refractivity contribution in [3.8, 4) is 5.75 Å². The number of nitrogens with zero attached hydrogens (tertiary/aromatic N) is 1. The van der Waals surface area contributed by atoms with Gasteiger partial charge < -0.3 is 14.7 Å². The molecular formula is C29H38FNO3. The molecule has 1 saturated carbocycles. The van der Waals surface area contributed by atoms with Gasteiger partial charge in [0, 0.05) is 24.3 Å². The zero-order valence-corrected chi connectivity index (χ0v) is 20.7. The maximum Gasteiger partial charge on any atom is 0.303 e. The van der Waals surface area contributed by atoms with E-state index in [9.17, 15) is 14.3 Å². The molecule has 0 bridgehead atoms. The average Bonchev–Trinajstić information content (AvgIpc) is 3.66. The van der Waals surface area contributed by atoms with Crippen LogP contribution in [0.15, 0.2) is 42.5 Å². The smallest absolute Gasteiger partial charge is 0.303 e. The summed E-state index contributed by atoms with van der Waals surface area (Å²) < 4.78 is 21.1. The first-order valence-corrected chi connectivity index (χ1v) is 12.8. The number of hydrogen-bond acceptors (Lipinski definition) is 3. The van der Waals surface area contributed by atoms with Crippen LogP contribution in [0, 0.1) is 11.8 Å². The van der Waals surface area contributed by atoms with Gasteiger partial charge in [-0.15, -0.1) is 0 Å². The normalized spacial score (nSPS) is 18.1. The Morgan fingerprint density at radius 3 is 2.50 bits per heavy atom. The van der Waals surface area contributed by atoms with E-state index in [0.717, 1.165) is 67.8 Å². The van der Waals surface area contributed by atoms with Crippen LogP contribution in [-0.4, -0.2) is 30.8 Å². The summed E-state index contributed by atoms with van der Waals surface area (Å²) in [5, 5.41) is 9.30. The highest BCUT2D eigenvalue weighted by atomic mass is 19.1. The fourth-order valence-electron chi connectivity index (χ4n) is 5.19.